The largest absolute Gasteiger partial charge is 0.478 e. The molecule has 0 aliphatic heterocycles. The second-order valence-electron chi connectivity index (χ2n) is 6.31. The van der Waals surface area contributed by atoms with Crippen LogP contribution >= 0.6 is 0 Å². The molecule has 0 spiro atoms. The van der Waals surface area contributed by atoms with E-state index >= 15 is 0 Å². The van der Waals surface area contributed by atoms with Crippen LogP contribution in [0.2, 0.25) is 0 Å². The minimum Gasteiger partial charge on any atom is -0.478 e. The van der Waals surface area contributed by atoms with Crippen LogP contribution in [-0.4, -0.2) is 16.1 Å². The van der Waals surface area contributed by atoms with Gasteiger partial charge in [-0.3, -0.25) is 4.79 Å². The van der Waals surface area contributed by atoms with Crippen molar-refractivity contribution in [2.24, 2.45) is 0 Å². The topological polar surface area (TPSA) is 80.4 Å². The van der Waals surface area contributed by atoms with Gasteiger partial charge in [0.15, 0.2) is 0 Å². The molecule has 0 atom stereocenters. The first-order chi connectivity index (χ1) is 11.6. The molecular weight excluding hydrogens is 306 g/mol. The Morgan fingerprint density at radius 2 is 2.08 bits per heavy atom. The molecule has 5 nitrogen and oxygen atoms in total. The number of hydrogen-bond acceptors (Lipinski definition) is 4. The number of aromatic carboxylic acids is 1. The van der Waals surface area contributed by atoms with Crippen molar-refractivity contribution >= 4 is 28.0 Å². The number of benzene rings is 1. The molecule has 2 aromatic heterocycles. The lowest BCUT2D eigenvalue weighted by molar-refractivity contribution is 0.0695. The Balaban J connectivity index is 2.01. The van der Waals surface area contributed by atoms with E-state index in [2.05, 4.69) is 4.98 Å². The maximum Gasteiger partial charge on any atom is 0.337 e. The highest BCUT2D eigenvalue weighted by Crippen LogP contribution is 2.37. The van der Waals surface area contributed by atoms with Gasteiger partial charge < -0.3 is 9.52 Å². The van der Waals surface area contributed by atoms with Crippen LogP contribution in [0.1, 0.15) is 53.7 Å². The zero-order valence-corrected chi connectivity index (χ0v) is 13.3. The van der Waals surface area contributed by atoms with Gasteiger partial charge in [0.2, 0.25) is 11.1 Å². The molecule has 0 unspecified atom stereocenters. The maximum atomic E-state index is 12.9. The van der Waals surface area contributed by atoms with Gasteiger partial charge in [0.25, 0.3) is 0 Å². The fourth-order valence-corrected chi connectivity index (χ4v) is 3.29. The number of carboxylic acids is 1. The van der Waals surface area contributed by atoms with Crippen LogP contribution in [0.5, 0.6) is 0 Å². The first kappa shape index (κ1) is 14.9. The lowest BCUT2D eigenvalue weighted by Crippen LogP contribution is -2.11. The molecule has 1 saturated carbocycles. The normalized spacial score (nSPS) is 14.9. The van der Waals surface area contributed by atoms with Crippen LogP contribution in [0.4, 0.5) is 0 Å². The van der Waals surface area contributed by atoms with Crippen molar-refractivity contribution in [1.82, 2.24) is 4.98 Å². The molecule has 0 amide bonds. The van der Waals surface area contributed by atoms with Gasteiger partial charge in [-0.2, -0.15) is 0 Å². The average molecular weight is 323 g/mol. The Morgan fingerprint density at radius 3 is 2.71 bits per heavy atom. The second kappa shape index (κ2) is 5.44. The molecule has 122 valence electrons. The Bertz CT molecular complexity index is 1030. The Kier molecular flexibility index (Phi) is 3.37. The van der Waals surface area contributed by atoms with Crippen LogP contribution in [0.25, 0.3) is 22.1 Å². The Hall–Kier alpha value is -2.69. The van der Waals surface area contributed by atoms with Crippen molar-refractivity contribution in [3.05, 3.63) is 51.3 Å². The molecule has 1 aliphatic carbocycles. The second-order valence-corrected chi connectivity index (χ2v) is 6.31. The molecule has 24 heavy (non-hydrogen) atoms. The smallest absolute Gasteiger partial charge is 0.337 e. The van der Waals surface area contributed by atoms with E-state index in [1.807, 2.05) is 25.1 Å². The monoisotopic (exact) mass is 323 g/mol. The highest BCUT2D eigenvalue weighted by Gasteiger charge is 2.21. The Labute approximate surface area is 137 Å². The molecule has 1 fully saturated rings. The average Bonchev–Trinajstić information content (AvgIpc) is 2.52. The third-order valence-electron chi connectivity index (χ3n) is 4.91. The minimum atomic E-state index is -1.08. The lowest BCUT2D eigenvalue weighted by Gasteiger charge is -2.25. The van der Waals surface area contributed by atoms with Gasteiger partial charge in [0.05, 0.1) is 22.0 Å². The molecule has 2 heterocycles. The minimum absolute atomic E-state index is 0.0618. The number of nitrogens with zero attached hydrogens (tertiary/aromatic N) is 1. The molecule has 1 aromatic carbocycles. The fourth-order valence-electron chi connectivity index (χ4n) is 3.29. The number of fused-ring (bicyclic) bond motifs is 2. The number of aromatic nitrogens is 1. The number of pyridine rings is 1. The summed E-state index contributed by atoms with van der Waals surface area (Å²) in [6.45, 7) is 1.82. The van der Waals surface area contributed by atoms with Gasteiger partial charge in [0.1, 0.15) is 5.58 Å². The van der Waals surface area contributed by atoms with Crippen molar-refractivity contribution < 1.29 is 14.3 Å². The third-order valence-corrected chi connectivity index (χ3v) is 4.91. The zero-order valence-electron chi connectivity index (χ0n) is 13.3. The van der Waals surface area contributed by atoms with E-state index in [0.717, 1.165) is 18.4 Å². The molecule has 0 radical (unpaired) electrons. The van der Waals surface area contributed by atoms with Gasteiger partial charge in [-0.25, -0.2) is 9.78 Å². The summed E-state index contributed by atoms with van der Waals surface area (Å²) in [5.41, 5.74) is 2.11. The quantitative estimate of drug-likeness (QED) is 0.740. The predicted molar refractivity (Wildman–Crippen MR) is 90.7 cm³/mol. The van der Waals surface area contributed by atoms with E-state index in [4.69, 9.17) is 4.42 Å². The zero-order chi connectivity index (χ0) is 16.8. The van der Waals surface area contributed by atoms with Gasteiger partial charge >= 0.3 is 5.97 Å². The summed E-state index contributed by atoms with van der Waals surface area (Å²) in [6, 6.07) is 7.11. The van der Waals surface area contributed by atoms with Gasteiger partial charge in [-0.1, -0.05) is 19.4 Å². The SMILES string of the molecule is CCc1nc2oc3ccc(C4CCC4)cc3c(=O)c2cc1C(=O)O. The van der Waals surface area contributed by atoms with E-state index in [1.165, 1.54) is 12.5 Å². The summed E-state index contributed by atoms with van der Waals surface area (Å²) in [7, 11) is 0. The molecule has 0 saturated heterocycles. The lowest BCUT2D eigenvalue weighted by atomic mass is 9.80. The highest BCUT2D eigenvalue weighted by atomic mass is 16.4. The van der Waals surface area contributed by atoms with Crippen LogP contribution in [0, 0.1) is 0 Å². The summed E-state index contributed by atoms with van der Waals surface area (Å²) in [4.78, 5) is 28.5. The predicted octanol–water partition coefficient (Wildman–Crippen LogP) is 3.87. The van der Waals surface area contributed by atoms with E-state index in [9.17, 15) is 14.7 Å². The fraction of sp³-hybridized carbons (Fsp3) is 0.316. The van der Waals surface area contributed by atoms with E-state index in [0.29, 0.717) is 29.0 Å². The summed E-state index contributed by atoms with van der Waals surface area (Å²) >= 11 is 0. The summed E-state index contributed by atoms with van der Waals surface area (Å²) in [5, 5.41) is 10.1. The molecule has 4 rings (SSSR count). The summed E-state index contributed by atoms with van der Waals surface area (Å²) in [5.74, 6) is -0.566. The molecule has 1 N–H and O–H groups in total. The Morgan fingerprint density at radius 1 is 1.29 bits per heavy atom. The number of carbonyl (C=O) groups is 1. The van der Waals surface area contributed by atoms with Crippen LogP contribution in [0.15, 0.2) is 33.5 Å². The van der Waals surface area contributed by atoms with E-state index in [-0.39, 0.29) is 22.1 Å². The molecular formula is C19H17NO4. The van der Waals surface area contributed by atoms with Gasteiger partial charge in [-0.05, 0) is 48.9 Å². The van der Waals surface area contributed by atoms with Crippen molar-refractivity contribution in [3.63, 3.8) is 0 Å². The summed E-state index contributed by atoms with van der Waals surface area (Å²) in [6.07, 6.45) is 3.98. The first-order valence-corrected chi connectivity index (χ1v) is 8.22. The number of aryl methyl sites for hydroxylation is 1. The number of rotatable bonds is 3. The van der Waals surface area contributed by atoms with Gasteiger partial charge in [0, 0.05) is 0 Å². The standard InChI is InChI=1S/C19H17NO4/c1-2-15-12(19(22)23)9-14-17(21)13-8-11(10-4-3-5-10)6-7-16(13)24-18(14)20-15/h6-10H,2-5H2,1H3,(H,22,23). The van der Waals surface area contributed by atoms with Crippen molar-refractivity contribution in [1.29, 1.82) is 0 Å². The third kappa shape index (κ3) is 2.19. The summed E-state index contributed by atoms with van der Waals surface area (Å²) < 4.78 is 5.79. The molecule has 3 aromatic rings. The number of hydrogen-bond donors (Lipinski definition) is 1. The number of carboxylic acid groups (broad SMARTS) is 1. The molecule has 1 aliphatic rings. The maximum absolute atomic E-state index is 12.9. The van der Waals surface area contributed by atoms with Crippen LogP contribution in [-0.2, 0) is 6.42 Å². The highest BCUT2D eigenvalue weighted by molar-refractivity contribution is 5.95. The van der Waals surface area contributed by atoms with E-state index in [1.54, 1.807) is 0 Å². The van der Waals surface area contributed by atoms with Gasteiger partial charge in [-0.15, -0.1) is 0 Å². The van der Waals surface area contributed by atoms with E-state index < -0.39 is 5.97 Å². The first-order valence-electron chi connectivity index (χ1n) is 8.22. The van der Waals surface area contributed by atoms with Crippen LogP contribution in [0.3, 0.4) is 0 Å². The van der Waals surface area contributed by atoms with Crippen molar-refractivity contribution in [2.75, 3.05) is 0 Å². The van der Waals surface area contributed by atoms with Crippen molar-refractivity contribution in [2.45, 2.75) is 38.5 Å². The van der Waals surface area contributed by atoms with Crippen molar-refractivity contribution in [3.8, 4) is 0 Å². The van der Waals surface area contributed by atoms with Crippen LogP contribution < -0.4 is 5.43 Å². The molecule has 0 bridgehead atoms. The molecule has 5 heteroatoms.